The Balaban J connectivity index is 2.11. The lowest BCUT2D eigenvalue weighted by molar-refractivity contribution is 0.935. The molecule has 1 heterocycles. The van der Waals surface area contributed by atoms with Crippen LogP contribution in [0.4, 0.5) is 17.5 Å². The quantitative estimate of drug-likeness (QED) is 0.882. The maximum absolute atomic E-state index is 4.35. The van der Waals surface area contributed by atoms with E-state index in [1.54, 1.807) is 6.20 Å². The second-order valence-corrected chi connectivity index (χ2v) is 5.04. The Morgan fingerprint density at radius 3 is 2.89 bits per heavy atom. The molecule has 0 bridgehead atoms. The second kappa shape index (κ2) is 6.47. The Hall–Kier alpha value is -1.69. The van der Waals surface area contributed by atoms with Crippen molar-refractivity contribution in [3.63, 3.8) is 0 Å². The van der Waals surface area contributed by atoms with Crippen LogP contribution in [0.25, 0.3) is 0 Å². The molecule has 2 aromatic rings. The number of rotatable bonds is 5. The van der Waals surface area contributed by atoms with Gasteiger partial charge in [-0.25, -0.2) is 0 Å². The van der Waals surface area contributed by atoms with Crippen molar-refractivity contribution in [3.8, 4) is 0 Å². The third kappa shape index (κ3) is 3.89. The van der Waals surface area contributed by atoms with E-state index in [-0.39, 0.29) is 0 Å². The van der Waals surface area contributed by atoms with E-state index in [0.717, 1.165) is 34.5 Å². The van der Waals surface area contributed by atoms with Gasteiger partial charge in [-0.1, -0.05) is 22.9 Å². The van der Waals surface area contributed by atoms with E-state index in [9.17, 15) is 0 Å². The van der Waals surface area contributed by atoms with E-state index in [4.69, 9.17) is 0 Å². The smallest absolute Gasteiger partial charge is 0.249 e. The topological polar surface area (TPSA) is 62.7 Å². The molecule has 0 unspecified atom stereocenters. The van der Waals surface area contributed by atoms with E-state index < -0.39 is 0 Å². The molecule has 1 aromatic heterocycles. The number of nitrogens with zero attached hydrogens (tertiary/aromatic N) is 3. The van der Waals surface area contributed by atoms with Gasteiger partial charge in [-0.15, -0.1) is 5.10 Å². The largest absolute Gasteiger partial charge is 0.369 e. The van der Waals surface area contributed by atoms with Gasteiger partial charge in [0.15, 0.2) is 5.82 Å². The van der Waals surface area contributed by atoms with Gasteiger partial charge in [-0.3, -0.25) is 0 Å². The summed E-state index contributed by atoms with van der Waals surface area (Å²) in [5.74, 6) is 1.22. The molecular formula is C13H16BrN5. The van der Waals surface area contributed by atoms with Crippen molar-refractivity contribution in [2.24, 2.45) is 0 Å². The molecule has 0 aliphatic heterocycles. The lowest BCUT2D eigenvalue weighted by Gasteiger charge is -2.08. The summed E-state index contributed by atoms with van der Waals surface area (Å²) >= 11 is 3.47. The van der Waals surface area contributed by atoms with Crippen LogP contribution in [0.1, 0.15) is 18.9 Å². The van der Waals surface area contributed by atoms with Gasteiger partial charge in [-0.2, -0.15) is 10.1 Å². The molecule has 2 rings (SSSR count). The Morgan fingerprint density at radius 1 is 1.32 bits per heavy atom. The molecule has 0 saturated heterocycles. The molecule has 5 nitrogen and oxygen atoms in total. The highest BCUT2D eigenvalue weighted by Crippen LogP contribution is 2.21. The molecule has 100 valence electrons. The number of hydrogen-bond donors (Lipinski definition) is 2. The van der Waals surface area contributed by atoms with Crippen LogP contribution >= 0.6 is 15.9 Å². The van der Waals surface area contributed by atoms with E-state index >= 15 is 0 Å². The maximum Gasteiger partial charge on any atom is 0.249 e. The van der Waals surface area contributed by atoms with Gasteiger partial charge >= 0.3 is 0 Å². The first-order valence-corrected chi connectivity index (χ1v) is 6.95. The van der Waals surface area contributed by atoms with Gasteiger partial charge in [0.05, 0.1) is 6.20 Å². The zero-order chi connectivity index (χ0) is 13.7. The lowest BCUT2D eigenvalue weighted by atomic mass is 10.2. The Labute approximate surface area is 121 Å². The molecular weight excluding hydrogens is 306 g/mol. The zero-order valence-corrected chi connectivity index (χ0v) is 12.5. The third-order valence-electron chi connectivity index (χ3n) is 2.53. The molecule has 0 aliphatic carbocycles. The fraction of sp³-hybridized carbons (Fsp3) is 0.308. The minimum Gasteiger partial charge on any atom is -0.369 e. The number of benzene rings is 1. The van der Waals surface area contributed by atoms with Crippen LogP contribution in [-0.2, 0) is 0 Å². The number of aryl methyl sites for hydroxylation is 1. The second-order valence-electron chi connectivity index (χ2n) is 4.18. The number of aromatic nitrogens is 3. The first-order chi connectivity index (χ1) is 9.19. The molecule has 0 atom stereocenters. The highest BCUT2D eigenvalue weighted by molar-refractivity contribution is 9.10. The molecule has 0 saturated carbocycles. The molecule has 0 radical (unpaired) electrons. The minimum atomic E-state index is 0.489. The van der Waals surface area contributed by atoms with Crippen molar-refractivity contribution < 1.29 is 0 Å². The molecule has 1 aromatic carbocycles. The average molecular weight is 322 g/mol. The first kappa shape index (κ1) is 13.7. The highest BCUT2D eigenvalue weighted by atomic mass is 79.9. The summed E-state index contributed by atoms with van der Waals surface area (Å²) in [5.41, 5.74) is 2.09. The van der Waals surface area contributed by atoms with Gasteiger partial charge in [0.25, 0.3) is 0 Å². The maximum atomic E-state index is 4.35. The molecule has 6 heteroatoms. The van der Waals surface area contributed by atoms with Crippen molar-refractivity contribution in [1.29, 1.82) is 0 Å². The van der Waals surface area contributed by atoms with Gasteiger partial charge in [0.1, 0.15) is 0 Å². The lowest BCUT2D eigenvalue weighted by Crippen LogP contribution is -2.06. The van der Waals surface area contributed by atoms with E-state index in [2.05, 4.69) is 48.7 Å². The fourth-order valence-electron chi connectivity index (χ4n) is 1.55. The number of anilines is 3. The monoisotopic (exact) mass is 321 g/mol. The molecule has 19 heavy (non-hydrogen) atoms. The van der Waals surface area contributed by atoms with Crippen molar-refractivity contribution >= 4 is 33.4 Å². The summed E-state index contributed by atoms with van der Waals surface area (Å²) in [6.45, 7) is 5.01. The zero-order valence-electron chi connectivity index (χ0n) is 10.9. The van der Waals surface area contributed by atoms with Gasteiger partial charge < -0.3 is 10.6 Å². The van der Waals surface area contributed by atoms with Crippen LogP contribution in [0.5, 0.6) is 0 Å². The van der Waals surface area contributed by atoms with Crippen LogP contribution in [0.15, 0.2) is 28.9 Å². The average Bonchev–Trinajstić information content (AvgIpc) is 2.41. The Bertz CT molecular complexity index is 558. The summed E-state index contributed by atoms with van der Waals surface area (Å²) in [6, 6.07) is 5.98. The summed E-state index contributed by atoms with van der Waals surface area (Å²) in [5, 5.41) is 14.2. The molecule has 0 spiro atoms. The van der Waals surface area contributed by atoms with Crippen LogP contribution < -0.4 is 10.6 Å². The van der Waals surface area contributed by atoms with Crippen LogP contribution in [0, 0.1) is 6.92 Å². The van der Waals surface area contributed by atoms with E-state index in [1.807, 2.05) is 25.1 Å². The Kier molecular flexibility index (Phi) is 4.68. The predicted octanol–water partition coefficient (Wildman–Crippen LogP) is 3.51. The molecule has 0 fully saturated rings. The van der Waals surface area contributed by atoms with Crippen LogP contribution in [0.2, 0.25) is 0 Å². The van der Waals surface area contributed by atoms with E-state index in [0.29, 0.717) is 5.95 Å². The van der Waals surface area contributed by atoms with Gasteiger partial charge in [0, 0.05) is 16.7 Å². The number of nitrogens with one attached hydrogen (secondary N) is 2. The summed E-state index contributed by atoms with van der Waals surface area (Å²) < 4.78 is 1.08. The molecule has 0 amide bonds. The van der Waals surface area contributed by atoms with Crippen molar-refractivity contribution in [2.45, 2.75) is 20.3 Å². The minimum absolute atomic E-state index is 0.489. The van der Waals surface area contributed by atoms with Gasteiger partial charge in [-0.05, 0) is 37.1 Å². The van der Waals surface area contributed by atoms with Crippen molar-refractivity contribution in [1.82, 2.24) is 15.2 Å². The number of hydrogen-bond acceptors (Lipinski definition) is 5. The summed E-state index contributed by atoms with van der Waals surface area (Å²) in [6.07, 6.45) is 2.66. The van der Waals surface area contributed by atoms with E-state index in [1.165, 1.54) is 0 Å². The SMILES string of the molecule is CCCNc1cnnc(Nc2ccc(Br)c(C)c2)n1. The predicted molar refractivity (Wildman–Crippen MR) is 80.8 cm³/mol. The third-order valence-corrected chi connectivity index (χ3v) is 3.42. The summed E-state index contributed by atoms with van der Waals surface area (Å²) in [4.78, 5) is 4.35. The van der Waals surface area contributed by atoms with Crippen LogP contribution in [0.3, 0.4) is 0 Å². The van der Waals surface area contributed by atoms with Gasteiger partial charge in [0.2, 0.25) is 5.95 Å². The highest BCUT2D eigenvalue weighted by Gasteiger charge is 2.02. The number of halogens is 1. The van der Waals surface area contributed by atoms with Crippen molar-refractivity contribution in [3.05, 3.63) is 34.4 Å². The first-order valence-electron chi connectivity index (χ1n) is 6.16. The van der Waals surface area contributed by atoms with Crippen molar-refractivity contribution in [2.75, 3.05) is 17.2 Å². The Morgan fingerprint density at radius 2 is 2.16 bits per heavy atom. The summed E-state index contributed by atoms with van der Waals surface area (Å²) in [7, 11) is 0. The molecule has 2 N–H and O–H groups in total. The molecule has 0 aliphatic rings. The fourth-order valence-corrected chi connectivity index (χ4v) is 1.79. The normalized spacial score (nSPS) is 10.3. The van der Waals surface area contributed by atoms with Crippen LogP contribution in [-0.4, -0.2) is 21.7 Å². The standard InChI is InChI=1S/C13H16BrN5/c1-3-6-15-12-8-16-19-13(18-12)17-10-4-5-11(14)9(2)7-10/h4-5,7-8H,3,6H2,1-2H3,(H2,15,17,18,19).